The summed E-state index contributed by atoms with van der Waals surface area (Å²) in [7, 11) is 0. The lowest BCUT2D eigenvalue weighted by atomic mass is 10.1. The number of benzene rings is 2. The number of aryl methyl sites for hydroxylation is 2. The quantitative estimate of drug-likeness (QED) is 0.564. The molecule has 0 radical (unpaired) electrons. The first-order valence-corrected chi connectivity index (χ1v) is 7.11. The van der Waals surface area contributed by atoms with Gasteiger partial charge >= 0.3 is 0 Å². The summed E-state index contributed by atoms with van der Waals surface area (Å²) in [5.41, 5.74) is 3.01. The highest BCUT2D eigenvalue weighted by Gasteiger charge is 2.13. The van der Waals surface area contributed by atoms with E-state index in [0.717, 1.165) is 11.1 Å². The van der Waals surface area contributed by atoms with Gasteiger partial charge in [-0.25, -0.2) is 14.4 Å². The van der Waals surface area contributed by atoms with Crippen LogP contribution in [0.3, 0.4) is 0 Å². The molecule has 21 heavy (non-hydrogen) atoms. The summed E-state index contributed by atoms with van der Waals surface area (Å²) in [6, 6.07) is 8.30. The molecule has 2 nitrogen and oxygen atoms in total. The van der Waals surface area contributed by atoms with Crippen molar-refractivity contribution in [3.63, 3.8) is 0 Å². The van der Waals surface area contributed by atoms with E-state index in [-0.39, 0.29) is 11.0 Å². The summed E-state index contributed by atoms with van der Waals surface area (Å²) in [6.45, 7) is 3.74. The standard InChI is InChI=1S/C16H11Cl2FN2/c1-8-5-10(7-11(19)6-8)16-20-14-9(2)3-4-12(17)13(14)15(18)21-16/h3-7H,1-2H3. The molecule has 0 saturated carbocycles. The van der Waals surface area contributed by atoms with E-state index in [1.54, 1.807) is 6.07 Å². The normalized spacial score (nSPS) is 11.1. The molecule has 0 amide bonds. The number of fused-ring (bicyclic) bond motifs is 1. The van der Waals surface area contributed by atoms with Crippen LogP contribution in [0.2, 0.25) is 10.2 Å². The lowest BCUT2D eigenvalue weighted by Crippen LogP contribution is -1.95. The molecule has 0 aliphatic heterocycles. The SMILES string of the molecule is Cc1cc(F)cc(-c2nc(Cl)c3c(Cl)ccc(C)c3n2)c1. The Kier molecular flexibility index (Phi) is 3.56. The Morgan fingerprint density at radius 2 is 1.76 bits per heavy atom. The van der Waals surface area contributed by atoms with Crippen LogP contribution in [-0.4, -0.2) is 9.97 Å². The molecule has 2 aromatic carbocycles. The molecular formula is C16H11Cl2FN2. The lowest BCUT2D eigenvalue weighted by molar-refractivity contribution is 0.627. The van der Waals surface area contributed by atoms with Crippen molar-refractivity contribution in [1.82, 2.24) is 9.97 Å². The number of rotatable bonds is 1. The summed E-state index contributed by atoms with van der Waals surface area (Å²) < 4.78 is 13.6. The summed E-state index contributed by atoms with van der Waals surface area (Å²) in [4.78, 5) is 8.76. The number of aromatic nitrogens is 2. The molecule has 1 heterocycles. The van der Waals surface area contributed by atoms with Crippen molar-refractivity contribution in [2.45, 2.75) is 13.8 Å². The third kappa shape index (κ3) is 2.59. The van der Waals surface area contributed by atoms with E-state index >= 15 is 0 Å². The Labute approximate surface area is 131 Å². The second-order valence-electron chi connectivity index (χ2n) is 4.94. The van der Waals surface area contributed by atoms with Crippen LogP contribution in [0, 0.1) is 19.7 Å². The first kappa shape index (κ1) is 14.2. The van der Waals surface area contributed by atoms with Gasteiger partial charge in [-0.15, -0.1) is 0 Å². The third-order valence-corrected chi connectivity index (χ3v) is 3.85. The minimum Gasteiger partial charge on any atom is -0.228 e. The van der Waals surface area contributed by atoms with Gasteiger partial charge < -0.3 is 0 Å². The van der Waals surface area contributed by atoms with E-state index in [1.807, 2.05) is 26.0 Å². The molecule has 0 N–H and O–H groups in total. The van der Waals surface area contributed by atoms with Crippen molar-refractivity contribution >= 4 is 34.1 Å². The fourth-order valence-electron chi connectivity index (χ4n) is 2.29. The van der Waals surface area contributed by atoms with Crippen molar-refractivity contribution in [3.8, 4) is 11.4 Å². The van der Waals surface area contributed by atoms with Crippen LogP contribution in [-0.2, 0) is 0 Å². The average Bonchev–Trinajstić information content (AvgIpc) is 2.41. The molecule has 0 saturated heterocycles. The Hall–Kier alpha value is -1.71. The minimum absolute atomic E-state index is 0.269. The average molecular weight is 321 g/mol. The van der Waals surface area contributed by atoms with Gasteiger partial charge in [0.2, 0.25) is 0 Å². The van der Waals surface area contributed by atoms with Gasteiger partial charge in [-0.05, 0) is 49.2 Å². The molecule has 106 valence electrons. The van der Waals surface area contributed by atoms with Crippen LogP contribution in [0.1, 0.15) is 11.1 Å². The van der Waals surface area contributed by atoms with Crippen molar-refractivity contribution < 1.29 is 4.39 Å². The van der Waals surface area contributed by atoms with Crippen molar-refractivity contribution in [2.75, 3.05) is 0 Å². The van der Waals surface area contributed by atoms with Gasteiger partial charge in [-0.2, -0.15) is 0 Å². The maximum absolute atomic E-state index is 13.6. The number of hydrogen-bond acceptors (Lipinski definition) is 2. The minimum atomic E-state index is -0.326. The number of nitrogens with zero attached hydrogens (tertiary/aromatic N) is 2. The molecule has 3 aromatic rings. The lowest BCUT2D eigenvalue weighted by Gasteiger charge is -2.09. The van der Waals surface area contributed by atoms with E-state index in [2.05, 4.69) is 9.97 Å². The molecular weight excluding hydrogens is 310 g/mol. The van der Waals surface area contributed by atoms with Crippen molar-refractivity contribution in [3.05, 3.63) is 57.5 Å². The zero-order valence-electron chi connectivity index (χ0n) is 11.4. The van der Waals surface area contributed by atoms with Crippen LogP contribution in [0.5, 0.6) is 0 Å². The fraction of sp³-hybridized carbons (Fsp3) is 0.125. The van der Waals surface area contributed by atoms with Crippen LogP contribution in [0.25, 0.3) is 22.3 Å². The molecule has 1 aromatic heterocycles. The second kappa shape index (κ2) is 5.24. The molecule has 3 rings (SSSR count). The first-order valence-electron chi connectivity index (χ1n) is 6.35. The molecule has 5 heteroatoms. The number of halogens is 3. The predicted octanol–water partition coefficient (Wildman–Crippen LogP) is 5.36. The van der Waals surface area contributed by atoms with Gasteiger partial charge in [-0.1, -0.05) is 29.3 Å². The zero-order valence-corrected chi connectivity index (χ0v) is 12.9. The van der Waals surface area contributed by atoms with E-state index in [9.17, 15) is 4.39 Å². The van der Waals surface area contributed by atoms with E-state index < -0.39 is 0 Å². The highest BCUT2D eigenvalue weighted by atomic mass is 35.5. The van der Waals surface area contributed by atoms with Gasteiger partial charge in [0.15, 0.2) is 5.82 Å². The Morgan fingerprint density at radius 3 is 2.48 bits per heavy atom. The summed E-state index contributed by atoms with van der Waals surface area (Å²) in [5.74, 6) is 0.0631. The maximum atomic E-state index is 13.6. The molecule has 0 aliphatic carbocycles. The van der Waals surface area contributed by atoms with Crippen molar-refractivity contribution in [1.29, 1.82) is 0 Å². The van der Waals surface area contributed by atoms with E-state index in [1.165, 1.54) is 12.1 Å². The van der Waals surface area contributed by atoms with E-state index in [0.29, 0.717) is 27.3 Å². The summed E-state index contributed by atoms with van der Waals surface area (Å²) in [5, 5.41) is 1.39. The highest BCUT2D eigenvalue weighted by Crippen LogP contribution is 2.32. The Bertz CT molecular complexity index is 842. The summed E-state index contributed by atoms with van der Waals surface area (Å²) >= 11 is 12.4. The largest absolute Gasteiger partial charge is 0.228 e. The molecule has 0 atom stereocenters. The third-order valence-electron chi connectivity index (χ3n) is 3.26. The summed E-state index contributed by atoms with van der Waals surface area (Å²) in [6.07, 6.45) is 0. The van der Waals surface area contributed by atoms with Gasteiger partial charge in [0.25, 0.3) is 0 Å². The van der Waals surface area contributed by atoms with Crippen molar-refractivity contribution in [2.24, 2.45) is 0 Å². The van der Waals surface area contributed by atoms with Crippen LogP contribution in [0.15, 0.2) is 30.3 Å². The van der Waals surface area contributed by atoms with Gasteiger partial charge in [0.1, 0.15) is 11.0 Å². The molecule has 0 unspecified atom stereocenters. The van der Waals surface area contributed by atoms with Gasteiger partial charge in [-0.3, -0.25) is 0 Å². The monoisotopic (exact) mass is 320 g/mol. The smallest absolute Gasteiger partial charge is 0.161 e. The van der Waals surface area contributed by atoms with Crippen LogP contribution in [0.4, 0.5) is 4.39 Å². The second-order valence-corrected chi connectivity index (χ2v) is 5.71. The highest BCUT2D eigenvalue weighted by molar-refractivity contribution is 6.41. The first-order chi connectivity index (χ1) is 9.95. The predicted molar refractivity (Wildman–Crippen MR) is 84.4 cm³/mol. The molecule has 0 fully saturated rings. The van der Waals surface area contributed by atoms with Crippen LogP contribution >= 0.6 is 23.2 Å². The fourth-order valence-corrected chi connectivity index (χ4v) is 2.85. The topological polar surface area (TPSA) is 25.8 Å². The maximum Gasteiger partial charge on any atom is 0.161 e. The zero-order chi connectivity index (χ0) is 15.1. The Balaban J connectivity index is 2.32. The van der Waals surface area contributed by atoms with Gasteiger partial charge in [0, 0.05) is 5.56 Å². The van der Waals surface area contributed by atoms with Gasteiger partial charge in [0.05, 0.1) is 15.9 Å². The van der Waals surface area contributed by atoms with Crippen LogP contribution < -0.4 is 0 Å². The Morgan fingerprint density at radius 1 is 1.00 bits per heavy atom. The number of hydrogen-bond donors (Lipinski definition) is 0. The van der Waals surface area contributed by atoms with E-state index in [4.69, 9.17) is 23.2 Å². The molecule has 0 bridgehead atoms. The molecule has 0 spiro atoms. The molecule has 0 aliphatic rings.